The molecule has 36 heavy (non-hydrogen) atoms. The summed E-state index contributed by atoms with van der Waals surface area (Å²) < 4.78 is 53.5. The predicted octanol–water partition coefficient (Wildman–Crippen LogP) is 3.41. The summed E-state index contributed by atoms with van der Waals surface area (Å²) in [4.78, 5) is 2.77. The third-order valence-corrected chi connectivity index (χ3v) is 10.2. The molecule has 1 aliphatic heterocycles. The van der Waals surface area contributed by atoms with Crippen molar-refractivity contribution in [3.8, 4) is 11.8 Å². The summed E-state index contributed by atoms with van der Waals surface area (Å²) >= 11 is 0. The fourth-order valence-electron chi connectivity index (χ4n) is 5.56. The van der Waals surface area contributed by atoms with Crippen LogP contribution in [0.4, 0.5) is 0 Å². The van der Waals surface area contributed by atoms with Crippen molar-refractivity contribution in [2.75, 3.05) is 30.9 Å². The van der Waals surface area contributed by atoms with Crippen molar-refractivity contribution in [3.05, 3.63) is 59.2 Å². The molecule has 3 atom stereocenters. The molecule has 0 radical (unpaired) electrons. The highest BCUT2D eigenvalue weighted by molar-refractivity contribution is 7.92. The zero-order chi connectivity index (χ0) is 25.9. The van der Waals surface area contributed by atoms with Gasteiger partial charge in [-0.25, -0.2) is 16.8 Å². The quantitative estimate of drug-likeness (QED) is 0.489. The Morgan fingerprint density at radius 3 is 2.53 bits per heavy atom. The smallest absolute Gasteiger partial charge is 0.178 e. The van der Waals surface area contributed by atoms with E-state index in [2.05, 4.69) is 24.0 Å². The molecule has 1 saturated heterocycles. The molecule has 194 valence electrons. The van der Waals surface area contributed by atoms with E-state index in [4.69, 9.17) is 4.74 Å². The Morgan fingerprint density at radius 2 is 1.83 bits per heavy atom. The Balaban J connectivity index is 1.29. The molecule has 7 nitrogen and oxygen atoms in total. The summed E-state index contributed by atoms with van der Waals surface area (Å²) in [5.74, 6) is 0.691. The Labute approximate surface area is 214 Å². The number of ether oxygens (including phenoxy) is 1. The second-order valence-corrected chi connectivity index (χ2v) is 14.6. The first-order chi connectivity index (χ1) is 17.1. The second kappa shape index (κ2) is 10.9. The van der Waals surface area contributed by atoms with E-state index in [1.165, 1.54) is 23.3 Å². The van der Waals surface area contributed by atoms with Crippen molar-refractivity contribution in [2.45, 2.75) is 56.0 Å². The average Bonchev–Trinajstić information content (AvgIpc) is 3.21. The molecule has 9 heteroatoms. The van der Waals surface area contributed by atoms with E-state index in [0.29, 0.717) is 30.4 Å². The van der Waals surface area contributed by atoms with Crippen molar-refractivity contribution < 1.29 is 21.6 Å². The highest BCUT2D eigenvalue weighted by Crippen LogP contribution is 2.33. The fraction of sp³-hybridized carbons (Fsp3) is 0.519. The average molecular weight is 531 g/mol. The maximum absolute atomic E-state index is 12.5. The summed E-state index contributed by atoms with van der Waals surface area (Å²) in [5.41, 5.74) is 3.31. The first-order valence-electron chi connectivity index (χ1n) is 12.5. The van der Waals surface area contributed by atoms with Crippen LogP contribution in [0.1, 0.15) is 42.9 Å². The molecule has 2 aromatic rings. The normalized spacial score (nSPS) is 22.6. The highest BCUT2D eigenvalue weighted by atomic mass is 32.2. The Bertz CT molecular complexity index is 1330. The molecule has 0 N–H and O–H groups in total. The molecule has 0 amide bonds. The number of nitrogens with zero attached hydrogens (tertiary/aromatic N) is 2. The van der Waals surface area contributed by atoms with Gasteiger partial charge in [0.2, 0.25) is 0 Å². The van der Waals surface area contributed by atoms with Crippen molar-refractivity contribution in [1.82, 2.24) is 4.90 Å². The minimum absolute atomic E-state index is 0.0852. The second-order valence-electron chi connectivity index (χ2n) is 10.2. The molecule has 0 bridgehead atoms. The lowest BCUT2D eigenvalue weighted by molar-refractivity contribution is 0.164. The van der Waals surface area contributed by atoms with E-state index in [1.807, 2.05) is 12.1 Å². The van der Waals surface area contributed by atoms with Crippen molar-refractivity contribution in [3.63, 3.8) is 0 Å². The van der Waals surface area contributed by atoms with E-state index >= 15 is 0 Å². The van der Waals surface area contributed by atoms with Crippen LogP contribution in [0, 0.1) is 17.2 Å². The first-order valence-corrected chi connectivity index (χ1v) is 16.2. The minimum atomic E-state index is -3.53. The van der Waals surface area contributed by atoms with Crippen LogP contribution in [0.5, 0.6) is 5.75 Å². The van der Waals surface area contributed by atoms with Crippen LogP contribution in [0.25, 0.3) is 0 Å². The third kappa shape index (κ3) is 6.47. The van der Waals surface area contributed by atoms with E-state index in [-0.39, 0.29) is 22.8 Å². The molecular weight excluding hydrogens is 496 g/mol. The van der Waals surface area contributed by atoms with Gasteiger partial charge in [0.25, 0.3) is 0 Å². The van der Waals surface area contributed by atoms with Crippen LogP contribution in [0.3, 0.4) is 0 Å². The zero-order valence-corrected chi connectivity index (χ0v) is 22.5. The van der Waals surface area contributed by atoms with Crippen LogP contribution in [-0.2, 0) is 32.5 Å². The number of rotatable bonds is 9. The Kier molecular flexibility index (Phi) is 8.08. The summed E-state index contributed by atoms with van der Waals surface area (Å²) in [7, 11) is -6.71. The van der Waals surface area contributed by atoms with E-state index < -0.39 is 19.7 Å². The van der Waals surface area contributed by atoms with Gasteiger partial charge in [0.1, 0.15) is 15.6 Å². The maximum Gasteiger partial charge on any atom is 0.178 e. The van der Waals surface area contributed by atoms with Gasteiger partial charge in [0.05, 0.1) is 34.6 Å². The molecule has 2 aliphatic rings. The topological polar surface area (TPSA) is 105 Å². The van der Waals surface area contributed by atoms with E-state index in [1.54, 1.807) is 12.1 Å². The van der Waals surface area contributed by atoms with Crippen LogP contribution in [0.15, 0.2) is 47.4 Å². The molecule has 1 fully saturated rings. The molecule has 2 aromatic carbocycles. The molecular formula is C27H34N2O5S2. The first kappa shape index (κ1) is 26.6. The molecule has 0 saturated carbocycles. The zero-order valence-electron chi connectivity index (χ0n) is 20.9. The van der Waals surface area contributed by atoms with Gasteiger partial charge in [-0.05, 0) is 80.5 Å². The molecule has 4 rings (SSSR count). The van der Waals surface area contributed by atoms with E-state index in [9.17, 15) is 22.1 Å². The molecule has 1 heterocycles. The third-order valence-electron chi connectivity index (χ3n) is 7.35. The lowest BCUT2D eigenvalue weighted by atomic mass is 9.85. The number of benzene rings is 2. The van der Waals surface area contributed by atoms with Crippen molar-refractivity contribution in [2.24, 2.45) is 5.92 Å². The van der Waals surface area contributed by atoms with Crippen molar-refractivity contribution >= 4 is 19.7 Å². The maximum atomic E-state index is 12.5. The highest BCUT2D eigenvalue weighted by Gasteiger charge is 2.36. The molecule has 0 spiro atoms. The van der Waals surface area contributed by atoms with Gasteiger partial charge in [0, 0.05) is 30.8 Å². The number of sulfone groups is 2. The largest absolute Gasteiger partial charge is 0.493 e. The monoisotopic (exact) mass is 530 g/mol. The summed E-state index contributed by atoms with van der Waals surface area (Å²) in [6.07, 6.45) is 5.22. The SMILES string of the molecule is CC1CC(COc2ccc(S(=O)(=O)CCCS(C)(=O)=O)cc2)CN1C1CCc2c(C#N)cccc2C1. The van der Waals surface area contributed by atoms with Gasteiger partial charge in [0.15, 0.2) is 9.84 Å². The van der Waals surface area contributed by atoms with Gasteiger partial charge in [-0.15, -0.1) is 0 Å². The van der Waals surface area contributed by atoms with Gasteiger partial charge in [-0.1, -0.05) is 12.1 Å². The number of nitriles is 1. The summed E-state index contributed by atoms with van der Waals surface area (Å²) in [6, 6.07) is 15.7. The number of likely N-dealkylation sites (tertiary alicyclic amines) is 1. The number of hydrogen-bond acceptors (Lipinski definition) is 7. The number of hydrogen-bond donors (Lipinski definition) is 0. The van der Waals surface area contributed by atoms with Gasteiger partial charge in [-0.3, -0.25) is 4.90 Å². The molecule has 1 aliphatic carbocycles. The van der Waals surface area contributed by atoms with Crippen LogP contribution in [0.2, 0.25) is 0 Å². The minimum Gasteiger partial charge on any atom is -0.493 e. The Hall–Kier alpha value is -2.41. The van der Waals surface area contributed by atoms with Crippen LogP contribution >= 0.6 is 0 Å². The summed E-state index contributed by atoms with van der Waals surface area (Å²) in [5, 5.41) is 9.39. The van der Waals surface area contributed by atoms with Gasteiger partial charge in [-0.2, -0.15) is 5.26 Å². The van der Waals surface area contributed by atoms with Gasteiger partial charge < -0.3 is 4.74 Å². The fourth-order valence-corrected chi connectivity index (χ4v) is 7.72. The number of fused-ring (bicyclic) bond motifs is 1. The Morgan fingerprint density at radius 1 is 1.08 bits per heavy atom. The molecule has 3 unspecified atom stereocenters. The lowest BCUT2D eigenvalue weighted by Crippen LogP contribution is -2.41. The van der Waals surface area contributed by atoms with Crippen molar-refractivity contribution in [1.29, 1.82) is 5.26 Å². The van der Waals surface area contributed by atoms with Crippen LogP contribution in [-0.4, -0.2) is 64.7 Å². The summed E-state index contributed by atoms with van der Waals surface area (Å²) in [6.45, 7) is 3.81. The molecule has 0 aromatic heterocycles. The van der Waals surface area contributed by atoms with E-state index in [0.717, 1.165) is 44.0 Å². The van der Waals surface area contributed by atoms with Crippen LogP contribution < -0.4 is 4.74 Å². The predicted molar refractivity (Wildman–Crippen MR) is 140 cm³/mol. The lowest BCUT2D eigenvalue weighted by Gasteiger charge is -2.35. The standard InChI is InChI=1S/C27H34N2O5S2/c1-20-15-21(18-29(20)24-7-12-27-22(16-24)5-3-6-23(27)17-28)19-34-25-8-10-26(11-9-25)36(32,33)14-4-13-35(2,30)31/h3,5-6,8-11,20-21,24H,4,7,12-16,18-19H2,1-2H3. The van der Waals surface area contributed by atoms with Gasteiger partial charge >= 0.3 is 0 Å².